The Morgan fingerprint density at radius 3 is 2.93 bits per heavy atom. The van der Waals surface area contributed by atoms with Crippen LogP contribution in [0.4, 0.5) is 0 Å². The summed E-state index contributed by atoms with van der Waals surface area (Å²) in [6.45, 7) is 0. The second kappa shape index (κ2) is 3.20. The molecular weight excluding hydrogens is 198 g/mol. The topological polar surface area (TPSA) is 53.2 Å². The molecule has 0 fully saturated rings. The summed E-state index contributed by atoms with van der Waals surface area (Å²) in [5, 5.41) is 19.6. The first-order chi connectivity index (χ1) is 6.77. The van der Waals surface area contributed by atoms with Crippen LogP contribution in [-0.2, 0) is 0 Å². The second-order valence-electron chi connectivity index (χ2n) is 2.74. The van der Waals surface area contributed by atoms with E-state index in [4.69, 9.17) is 10.00 Å². The Bertz CT molecular complexity index is 525. The third kappa shape index (κ3) is 1.10. The standard InChI is InChI=1S/C10H7NO2S/c1-13-10-8(12)7-4-2-3-6(5-11)9(7)14-10/h2-4,12H,1H3. The minimum atomic E-state index is 0.115. The fourth-order valence-electron chi connectivity index (χ4n) is 1.31. The number of rotatable bonds is 1. The van der Waals surface area contributed by atoms with Gasteiger partial charge in [0.2, 0.25) is 5.06 Å². The fourth-order valence-corrected chi connectivity index (χ4v) is 2.28. The number of thiophene rings is 1. The predicted molar refractivity (Wildman–Crippen MR) is 54.8 cm³/mol. The Balaban J connectivity index is 2.85. The summed E-state index contributed by atoms with van der Waals surface area (Å²) >= 11 is 1.28. The molecule has 0 saturated heterocycles. The zero-order valence-corrected chi connectivity index (χ0v) is 8.26. The van der Waals surface area contributed by atoms with Crippen LogP contribution in [-0.4, -0.2) is 12.2 Å². The molecule has 2 rings (SSSR count). The molecule has 0 aliphatic heterocycles. The number of methoxy groups -OCH3 is 1. The lowest BCUT2D eigenvalue weighted by Gasteiger charge is -1.93. The molecule has 0 unspecified atom stereocenters. The molecule has 1 aromatic carbocycles. The van der Waals surface area contributed by atoms with E-state index < -0.39 is 0 Å². The van der Waals surface area contributed by atoms with Gasteiger partial charge in [-0.05, 0) is 12.1 Å². The van der Waals surface area contributed by atoms with Crippen molar-refractivity contribution in [2.45, 2.75) is 0 Å². The van der Waals surface area contributed by atoms with Crippen molar-refractivity contribution in [3.05, 3.63) is 23.8 Å². The molecule has 0 radical (unpaired) electrons. The predicted octanol–water partition coefficient (Wildman–Crippen LogP) is 2.49. The summed E-state index contributed by atoms with van der Waals surface area (Å²) < 4.78 is 5.76. The van der Waals surface area contributed by atoms with Crippen LogP contribution in [0.3, 0.4) is 0 Å². The SMILES string of the molecule is COc1sc2c(C#N)cccc2c1O. The number of ether oxygens (including phenoxy) is 1. The molecule has 1 aromatic heterocycles. The average molecular weight is 205 g/mol. The third-order valence-electron chi connectivity index (χ3n) is 1.96. The van der Waals surface area contributed by atoms with Gasteiger partial charge >= 0.3 is 0 Å². The van der Waals surface area contributed by atoms with Crippen LogP contribution in [0.25, 0.3) is 10.1 Å². The van der Waals surface area contributed by atoms with E-state index in [2.05, 4.69) is 6.07 Å². The van der Waals surface area contributed by atoms with Crippen molar-refractivity contribution < 1.29 is 9.84 Å². The minimum absolute atomic E-state index is 0.115. The molecule has 0 amide bonds. The van der Waals surface area contributed by atoms with E-state index in [1.165, 1.54) is 18.4 Å². The van der Waals surface area contributed by atoms with Crippen molar-refractivity contribution in [1.82, 2.24) is 0 Å². The largest absolute Gasteiger partial charge is 0.503 e. The molecule has 1 N–H and O–H groups in total. The normalized spacial score (nSPS) is 10.0. The Kier molecular flexibility index (Phi) is 2.02. The van der Waals surface area contributed by atoms with Crippen molar-refractivity contribution >= 4 is 21.4 Å². The Morgan fingerprint density at radius 1 is 1.50 bits per heavy atom. The lowest BCUT2D eigenvalue weighted by Crippen LogP contribution is -1.75. The van der Waals surface area contributed by atoms with Gasteiger partial charge in [-0.15, -0.1) is 0 Å². The summed E-state index contributed by atoms with van der Waals surface area (Å²) in [6, 6.07) is 7.31. The Hall–Kier alpha value is -1.73. The third-order valence-corrected chi connectivity index (χ3v) is 3.15. The van der Waals surface area contributed by atoms with E-state index >= 15 is 0 Å². The molecule has 70 valence electrons. The van der Waals surface area contributed by atoms with Crippen molar-refractivity contribution in [2.75, 3.05) is 7.11 Å². The molecular formula is C10H7NO2S. The van der Waals surface area contributed by atoms with Crippen LogP contribution in [0.2, 0.25) is 0 Å². The number of nitrogens with zero attached hydrogens (tertiary/aromatic N) is 1. The van der Waals surface area contributed by atoms with Gasteiger partial charge in [0, 0.05) is 5.39 Å². The van der Waals surface area contributed by atoms with E-state index in [0.717, 1.165) is 4.70 Å². The van der Waals surface area contributed by atoms with Crippen molar-refractivity contribution in [2.24, 2.45) is 0 Å². The highest BCUT2D eigenvalue weighted by atomic mass is 32.1. The van der Waals surface area contributed by atoms with Gasteiger partial charge in [0.05, 0.1) is 17.4 Å². The molecule has 0 bridgehead atoms. The molecule has 0 saturated carbocycles. The van der Waals surface area contributed by atoms with Crippen LogP contribution >= 0.6 is 11.3 Å². The zero-order valence-electron chi connectivity index (χ0n) is 7.44. The maximum atomic E-state index is 9.69. The molecule has 4 heteroatoms. The van der Waals surface area contributed by atoms with Gasteiger partial charge in [0.1, 0.15) is 6.07 Å². The lowest BCUT2D eigenvalue weighted by atomic mass is 10.2. The number of fused-ring (bicyclic) bond motifs is 1. The van der Waals surface area contributed by atoms with Gasteiger partial charge < -0.3 is 9.84 Å². The first-order valence-electron chi connectivity index (χ1n) is 3.96. The van der Waals surface area contributed by atoms with E-state index in [1.807, 2.05) is 0 Å². The molecule has 3 nitrogen and oxygen atoms in total. The van der Waals surface area contributed by atoms with Gasteiger partial charge in [-0.1, -0.05) is 17.4 Å². The van der Waals surface area contributed by atoms with E-state index in [9.17, 15) is 5.11 Å². The van der Waals surface area contributed by atoms with E-state index in [1.54, 1.807) is 18.2 Å². The smallest absolute Gasteiger partial charge is 0.217 e. The lowest BCUT2D eigenvalue weighted by molar-refractivity contribution is 0.388. The van der Waals surface area contributed by atoms with Crippen LogP contribution in [0.1, 0.15) is 5.56 Å². The number of aromatic hydroxyl groups is 1. The molecule has 14 heavy (non-hydrogen) atoms. The quantitative estimate of drug-likeness (QED) is 0.778. The summed E-state index contributed by atoms with van der Waals surface area (Å²) in [7, 11) is 1.50. The first-order valence-corrected chi connectivity index (χ1v) is 4.78. The summed E-state index contributed by atoms with van der Waals surface area (Å²) in [4.78, 5) is 0. The minimum Gasteiger partial charge on any atom is -0.503 e. The number of benzene rings is 1. The highest BCUT2D eigenvalue weighted by Crippen LogP contribution is 2.43. The van der Waals surface area contributed by atoms with Crippen molar-refractivity contribution in [3.8, 4) is 16.9 Å². The van der Waals surface area contributed by atoms with Crippen molar-refractivity contribution in [1.29, 1.82) is 5.26 Å². The summed E-state index contributed by atoms with van der Waals surface area (Å²) in [6.07, 6.45) is 0. The van der Waals surface area contributed by atoms with Gasteiger partial charge in [0.15, 0.2) is 5.75 Å². The maximum Gasteiger partial charge on any atom is 0.217 e. The van der Waals surface area contributed by atoms with Gasteiger partial charge in [-0.2, -0.15) is 5.26 Å². The Labute approximate surface area is 84.8 Å². The van der Waals surface area contributed by atoms with Crippen molar-refractivity contribution in [3.63, 3.8) is 0 Å². The monoisotopic (exact) mass is 205 g/mol. The zero-order chi connectivity index (χ0) is 10.1. The molecule has 0 spiro atoms. The Morgan fingerprint density at radius 2 is 2.29 bits per heavy atom. The van der Waals surface area contributed by atoms with E-state index in [0.29, 0.717) is 16.0 Å². The molecule has 0 aliphatic rings. The van der Waals surface area contributed by atoms with E-state index in [-0.39, 0.29) is 5.75 Å². The van der Waals surface area contributed by atoms with Crippen LogP contribution in [0.15, 0.2) is 18.2 Å². The van der Waals surface area contributed by atoms with Gasteiger partial charge in [-0.3, -0.25) is 0 Å². The highest BCUT2D eigenvalue weighted by Gasteiger charge is 2.13. The molecule has 1 heterocycles. The average Bonchev–Trinajstić information content (AvgIpc) is 2.55. The number of nitriles is 1. The van der Waals surface area contributed by atoms with Crippen LogP contribution in [0, 0.1) is 11.3 Å². The second-order valence-corrected chi connectivity index (χ2v) is 3.72. The van der Waals surface area contributed by atoms with Crippen LogP contribution in [0.5, 0.6) is 10.8 Å². The van der Waals surface area contributed by atoms with Gasteiger partial charge in [0.25, 0.3) is 0 Å². The fraction of sp³-hybridized carbons (Fsp3) is 0.100. The summed E-state index contributed by atoms with van der Waals surface area (Å²) in [5.41, 5.74) is 0.561. The summed E-state index contributed by atoms with van der Waals surface area (Å²) in [5.74, 6) is 0.115. The number of hydrogen-bond acceptors (Lipinski definition) is 4. The van der Waals surface area contributed by atoms with Crippen LogP contribution < -0.4 is 4.74 Å². The number of hydrogen-bond donors (Lipinski definition) is 1. The maximum absolute atomic E-state index is 9.69. The first kappa shape index (κ1) is 8.85. The molecule has 2 aromatic rings. The molecule has 0 atom stereocenters. The van der Waals surface area contributed by atoms with Gasteiger partial charge in [-0.25, -0.2) is 0 Å². The highest BCUT2D eigenvalue weighted by molar-refractivity contribution is 7.21. The molecule has 0 aliphatic carbocycles.